The summed E-state index contributed by atoms with van der Waals surface area (Å²) in [4.78, 5) is 19.3. The number of fused-ring (bicyclic) bond motifs is 1. The van der Waals surface area contributed by atoms with Gasteiger partial charge in [0.1, 0.15) is 0 Å². The molecule has 0 N–H and O–H groups in total. The molecular weight excluding hydrogens is 390 g/mol. The fourth-order valence-electron chi connectivity index (χ4n) is 4.30. The normalized spacial score (nSPS) is 14.9. The second-order valence-electron chi connectivity index (χ2n) is 8.05. The first-order valence-corrected chi connectivity index (χ1v) is 10.8. The molecule has 0 aliphatic carbocycles. The number of amides is 1. The van der Waals surface area contributed by atoms with Crippen molar-refractivity contribution in [2.24, 2.45) is 0 Å². The summed E-state index contributed by atoms with van der Waals surface area (Å²) in [5.41, 5.74) is 3.03. The van der Waals surface area contributed by atoms with Gasteiger partial charge < -0.3 is 9.42 Å². The minimum absolute atomic E-state index is 0.172. The molecule has 31 heavy (non-hydrogen) atoms. The summed E-state index contributed by atoms with van der Waals surface area (Å²) in [6.45, 7) is 4.03. The number of carbonyl (C=O) groups is 1. The molecular formula is C24H25N5O2. The minimum Gasteiger partial charge on any atom is -0.343 e. The predicted molar refractivity (Wildman–Crippen MR) is 117 cm³/mol. The number of piperidine rings is 1. The van der Waals surface area contributed by atoms with E-state index < -0.39 is 0 Å². The van der Waals surface area contributed by atoms with E-state index in [1.165, 1.54) is 0 Å². The van der Waals surface area contributed by atoms with Crippen molar-refractivity contribution in [1.82, 2.24) is 24.8 Å². The summed E-state index contributed by atoms with van der Waals surface area (Å²) in [5, 5.41) is 9.88. The predicted octanol–water partition coefficient (Wildman–Crippen LogP) is 4.19. The van der Waals surface area contributed by atoms with Crippen molar-refractivity contribution in [3.05, 3.63) is 66.2 Å². The molecule has 1 saturated heterocycles. The second kappa shape index (κ2) is 8.34. The number of para-hydroxylation sites is 1. The summed E-state index contributed by atoms with van der Waals surface area (Å²) >= 11 is 0. The number of benzene rings is 2. The van der Waals surface area contributed by atoms with E-state index in [2.05, 4.69) is 27.4 Å². The number of rotatable bonds is 5. The molecule has 1 fully saturated rings. The van der Waals surface area contributed by atoms with Crippen molar-refractivity contribution < 1.29 is 9.32 Å². The fraction of sp³-hybridized carbons (Fsp3) is 0.333. The van der Waals surface area contributed by atoms with Gasteiger partial charge in [0.15, 0.2) is 0 Å². The highest BCUT2D eigenvalue weighted by atomic mass is 16.5. The highest BCUT2D eigenvalue weighted by Crippen LogP contribution is 2.29. The highest BCUT2D eigenvalue weighted by Gasteiger charge is 2.27. The maximum Gasteiger partial charge on any atom is 0.230 e. The monoisotopic (exact) mass is 415 g/mol. The van der Waals surface area contributed by atoms with Gasteiger partial charge in [-0.1, -0.05) is 53.7 Å². The molecule has 158 valence electrons. The zero-order valence-corrected chi connectivity index (χ0v) is 17.6. The first kappa shape index (κ1) is 19.5. The average Bonchev–Trinajstić information content (AvgIpc) is 3.44. The molecule has 7 heteroatoms. The van der Waals surface area contributed by atoms with E-state index in [1.807, 2.05) is 59.0 Å². The van der Waals surface area contributed by atoms with Crippen LogP contribution in [0.5, 0.6) is 0 Å². The molecule has 0 unspecified atom stereocenters. The zero-order valence-electron chi connectivity index (χ0n) is 17.6. The molecule has 0 spiro atoms. The van der Waals surface area contributed by atoms with E-state index in [4.69, 9.17) is 4.52 Å². The van der Waals surface area contributed by atoms with Crippen molar-refractivity contribution in [3.8, 4) is 11.4 Å². The molecule has 4 aromatic rings. The van der Waals surface area contributed by atoms with Crippen LogP contribution in [0.4, 0.5) is 0 Å². The topological polar surface area (TPSA) is 77.1 Å². The molecule has 0 atom stereocenters. The molecule has 2 aromatic carbocycles. The largest absolute Gasteiger partial charge is 0.343 e. The van der Waals surface area contributed by atoms with Crippen LogP contribution >= 0.6 is 0 Å². The van der Waals surface area contributed by atoms with E-state index in [1.54, 1.807) is 0 Å². The maximum absolute atomic E-state index is 12.8. The molecule has 1 aliphatic heterocycles. The standard InChI is InChI=1S/C24H25N5O2/c1-17-20-9-5-6-10-21(20)29(26-17)16-13-22(30)28-14-11-19(12-15-28)24-25-23(27-31-24)18-7-3-2-4-8-18/h2-10,19H,11-16H2,1H3. The van der Waals surface area contributed by atoms with Crippen LogP contribution in [-0.4, -0.2) is 43.8 Å². The smallest absolute Gasteiger partial charge is 0.230 e. The summed E-state index contributed by atoms with van der Waals surface area (Å²) in [6, 6.07) is 18.0. The van der Waals surface area contributed by atoms with E-state index in [0.717, 1.165) is 35.0 Å². The summed E-state index contributed by atoms with van der Waals surface area (Å²) in [7, 11) is 0. The van der Waals surface area contributed by atoms with Crippen LogP contribution < -0.4 is 0 Å². The number of nitrogens with zero attached hydrogens (tertiary/aromatic N) is 5. The molecule has 0 bridgehead atoms. The Morgan fingerprint density at radius 1 is 1.06 bits per heavy atom. The number of likely N-dealkylation sites (tertiary alicyclic amines) is 1. The first-order valence-electron chi connectivity index (χ1n) is 10.8. The molecule has 2 aromatic heterocycles. The lowest BCUT2D eigenvalue weighted by molar-refractivity contribution is -0.132. The lowest BCUT2D eigenvalue weighted by atomic mass is 9.96. The summed E-state index contributed by atoms with van der Waals surface area (Å²) in [5.74, 6) is 1.66. The third-order valence-corrected chi connectivity index (χ3v) is 6.05. The fourth-order valence-corrected chi connectivity index (χ4v) is 4.30. The number of hydrogen-bond donors (Lipinski definition) is 0. The molecule has 3 heterocycles. The van der Waals surface area contributed by atoms with Gasteiger partial charge in [-0.25, -0.2) is 0 Å². The lowest BCUT2D eigenvalue weighted by Gasteiger charge is -2.30. The third kappa shape index (κ3) is 3.95. The van der Waals surface area contributed by atoms with Crippen LogP contribution in [0.3, 0.4) is 0 Å². The Kier molecular flexibility index (Phi) is 5.24. The number of carbonyl (C=O) groups excluding carboxylic acids is 1. The Labute approximate surface area is 180 Å². The second-order valence-corrected chi connectivity index (χ2v) is 8.05. The average molecular weight is 415 g/mol. The van der Waals surface area contributed by atoms with Gasteiger partial charge in [0.05, 0.1) is 17.8 Å². The van der Waals surface area contributed by atoms with Gasteiger partial charge in [-0.05, 0) is 25.8 Å². The Morgan fingerprint density at radius 2 is 1.81 bits per heavy atom. The van der Waals surface area contributed by atoms with Crippen LogP contribution in [-0.2, 0) is 11.3 Å². The van der Waals surface area contributed by atoms with Gasteiger partial charge in [-0.3, -0.25) is 9.48 Å². The Hall–Kier alpha value is -3.48. The third-order valence-electron chi connectivity index (χ3n) is 6.05. The minimum atomic E-state index is 0.172. The highest BCUT2D eigenvalue weighted by molar-refractivity contribution is 5.82. The van der Waals surface area contributed by atoms with Crippen LogP contribution in [0.2, 0.25) is 0 Å². The Morgan fingerprint density at radius 3 is 2.61 bits per heavy atom. The van der Waals surface area contributed by atoms with Crippen LogP contribution in [0, 0.1) is 6.92 Å². The summed E-state index contributed by atoms with van der Waals surface area (Å²) in [6.07, 6.45) is 2.13. The van der Waals surface area contributed by atoms with E-state index in [9.17, 15) is 4.79 Å². The van der Waals surface area contributed by atoms with Gasteiger partial charge in [0, 0.05) is 36.4 Å². The zero-order chi connectivity index (χ0) is 21.2. The Bertz CT molecular complexity index is 1190. The first-order chi connectivity index (χ1) is 15.2. The van der Waals surface area contributed by atoms with Gasteiger partial charge >= 0.3 is 0 Å². The van der Waals surface area contributed by atoms with Crippen LogP contribution in [0.15, 0.2) is 59.1 Å². The molecule has 0 radical (unpaired) electrons. The van der Waals surface area contributed by atoms with Gasteiger partial charge in [0.25, 0.3) is 0 Å². The Balaban J connectivity index is 1.17. The number of hydrogen-bond acceptors (Lipinski definition) is 5. The number of aromatic nitrogens is 4. The van der Waals surface area contributed by atoms with Crippen molar-refractivity contribution in [3.63, 3.8) is 0 Å². The maximum atomic E-state index is 12.8. The van der Waals surface area contributed by atoms with Crippen molar-refractivity contribution >= 4 is 16.8 Å². The van der Waals surface area contributed by atoms with E-state index in [-0.39, 0.29) is 11.8 Å². The molecule has 1 aliphatic rings. The SMILES string of the molecule is Cc1nn(CCC(=O)N2CCC(c3nc(-c4ccccc4)no3)CC2)c2ccccc12. The molecule has 5 rings (SSSR count). The van der Waals surface area contributed by atoms with Crippen molar-refractivity contribution in [2.45, 2.75) is 38.6 Å². The van der Waals surface area contributed by atoms with Crippen LogP contribution in [0.1, 0.15) is 36.8 Å². The molecule has 0 saturated carbocycles. The lowest BCUT2D eigenvalue weighted by Crippen LogP contribution is -2.38. The molecule has 1 amide bonds. The van der Waals surface area contributed by atoms with E-state index in [0.29, 0.717) is 37.8 Å². The number of aryl methyl sites for hydroxylation is 2. The van der Waals surface area contributed by atoms with E-state index >= 15 is 0 Å². The quantitative estimate of drug-likeness (QED) is 0.488. The van der Waals surface area contributed by atoms with Gasteiger partial charge in [0.2, 0.25) is 17.6 Å². The molecule has 7 nitrogen and oxygen atoms in total. The van der Waals surface area contributed by atoms with Crippen LogP contribution in [0.25, 0.3) is 22.3 Å². The van der Waals surface area contributed by atoms with Gasteiger partial charge in [-0.2, -0.15) is 10.1 Å². The van der Waals surface area contributed by atoms with Gasteiger partial charge in [-0.15, -0.1) is 0 Å². The summed E-state index contributed by atoms with van der Waals surface area (Å²) < 4.78 is 7.47. The van der Waals surface area contributed by atoms with Crippen molar-refractivity contribution in [2.75, 3.05) is 13.1 Å². The van der Waals surface area contributed by atoms with Crippen molar-refractivity contribution in [1.29, 1.82) is 0 Å².